The van der Waals surface area contributed by atoms with Crippen molar-refractivity contribution < 1.29 is 4.39 Å². The van der Waals surface area contributed by atoms with Crippen molar-refractivity contribution >= 4 is 28.9 Å². The van der Waals surface area contributed by atoms with Crippen LogP contribution in [0.25, 0.3) is 0 Å². The van der Waals surface area contributed by atoms with Crippen LogP contribution in [0.4, 0.5) is 10.1 Å². The standard InChI is InChI=1S/C12H15Cl2FN2/c13-10-5-9(15)6-11(14)12(10)17-7-8-1-3-16-4-2-8/h5-6,8,16-17H,1-4,7H2. The van der Waals surface area contributed by atoms with Gasteiger partial charge in [-0.05, 0) is 44.0 Å². The van der Waals surface area contributed by atoms with Crippen molar-refractivity contribution in [1.82, 2.24) is 5.32 Å². The Hall–Kier alpha value is -0.510. The first-order chi connectivity index (χ1) is 8.16. The van der Waals surface area contributed by atoms with Gasteiger partial charge in [0.2, 0.25) is 0 Å². The van der Waals surface area contributed by atoms with E-state index in [0.29, 0.717) is 21.7 Å². The minimum absolute atomic E-state index is 0.337. The van der Waals surface area contributed by atoms with Crippen molar-refractivity contribution in [2.75, 3.05) is 25.0 Å². The maximum absolute atomic E-state index is 13.0. The largest absolute Gasteiger partial charge is 0.382 e. The van der Waals surface area contributed by atoms with Gasteiger partial charge < -0.3 is 10.6 Å². The highest BCUT2D eigenvalue weighted by Crippen LogP contribution is 2.31. The number of benzene rings is 1. The van der Waals surface area contributed by atoms with E-state index in [4.69, 9.17) is 23.2 Å². The molecule has 0 radical (unpaired) electrons. The van der Waals surface area contributed by atoms with Crippen molar-refractivity contribution in [3.63, 3.8) is 0 Å². The van der Waals surface area contributed by atoms with E-state index in [9.17, 15) is 4.39 Å². The van der Waals surface area contributed by atoms with Crippen molar-refractivity contribution in [3.05, 3.63) is 28.0 Å². The van der Waals surface area contributed by atoms with Gasteiger partial charge in [0.05, 0.1) is 15.7 Å². The van der Waals surface area contributed by atoms with Gasteiger partial charge >= 0.3 is 0 Å². The minimum atomic E-state index is -0.410. The number of nitrogens with one attached hydrogen (secondary N) is 2. The molecule has 2 N–H and O–H groups in total. The zero-order chi connectivity index (χ0) is 12.3. The first-order valence-corrected chi connectivity index (χ1v) is 6.51. The van der Waals surface area contributed by atoms with Gasteiger partial charge in [-0.25, -0.2) is 4.39 Å². The molecule has 1 saturated heterocycles. The summed E-state index contributed by atoms with van der Waals surface area (Å²) in [5.41, 5.74) is 0.633. The molecule has 1 aromatic carbocycles. The monoisotopic (exact) mass is 276 g/mol. The van der Waals surface area contributed by atoms with Crippen LogP contribution in [-0.4, -0.2) is 19.6 Å². The van der Waals surface area contributed by atoms with Gasteiger partial charge in [-0.15, -0.1) is 0 Å². The Kier molecular flexibility index (Phi) is 4.48. The van der Waals surface area contributed by atoms with Crippen LogP contribution in [0.15, 0.2) is 12.1 Å². The van der Waals surface area contributed by atoms with Gasteiger partial charge in [-0.2, -0.15) is 0 Å². The predicted octanol–water partition coefficient (Wildman–Crippen LogP) is 3.54. The summed E-state index contributed by atoms with van der Waals surface area (Å²) in [4.78, 5) is 0. The average Bonchev–Trinajstić information content (AvgIpc) is 2.29. The third-order valence-electron chi connectivity index (χ3n) is 3.03. The molecule has 1 heterocycles. The fourth-order valence-corrected chi connectivity index (χ4v) is 2.64. The summed E-state index contributed by atoms with van der Waals surface area (Å²) < 4.78 is 13.0. The van der Waals surface area contributed by atoms with Crippen LogP contribution in [0.5, 0.6) is 0 Å². The number of rotatable bonds is 3. The van der Waals surface area contributed by atoms with Crippen LogP contribution < -0.4 is 10.6 Å². The SMILES string of the molecule is Fc1cc(Cl)c(NCC2CCNCC2)c(Cl)c1. The summed E-state index contributed by atoms with van der Waals surface area (Å²) in [6.45, 7) is 2.93. The molecule has 1 aliphatic rings. The van der Waals surface area contributed by atoms with Gasteiger partial charge in [-0.1, -0.05) is 23.2 Å². The van der Waals surface area contributed by atoms with Crippen LogP contribution in [0.2, 0.25) is 10.0 Å². The zero-order valence-electron chi connectivity index (χ0n) is 9.40. The predicted molar refractivity (Wildman–Crippen MR) is 70.5 cm³/mol. The lowest BCUT2D eigenvalue weighted by molar-refractivity contribution is 0.390. The van der Waals surface area contributed by atoms with Crippen molar-refractivity contribution in [2.24, 2.45) is 5.92 Å². The Bertz CT molecular complexity index is 369. The molecule has 0 atom stereocenters. The first kappa shape index (κ1) is 12.9. The molecule has 1 aromatic rings. The average molecular weight is 277 g/mol. The van der Waals surface area contributed by atoms with E-state index in [1.807, 2.05) is 0 Å². The third kappa shape index (κ3) is 3.47. The van der Waals surface area contributed by atoms with Gasteiger partial charge in [0.1, 0.15) is 5.82 Å². The number of piperidine rings is 1. The second-order valence-electron chi connectivity index (χ2n) is 4.32. The van der Waals surface area contributed by atoms with E-state index >= 15 is 0 Å². The maximum Gasteiger partial charge on any atom is 0.126 e. The van der Waals surface area contributed by atoms with E-state index in [1.54, 1.807) is 0 Å². The lowest BCUT2D eigenvalue weighted by Crippen LogP contribution is -2.31. The molecule has 0 spiro atoms. The molecule has 1 fully saturated rings. The summed E-state index contributed by atoms with van der Waals surface area (Å²) in [6, 6.07) is 2.55. The summed E-state index contributed by atoms with van der Waals surface area (Å²) in [6.07, 6.45) is 2.28. The molecule has 0 unspecified atom stereocenters. The molecular weight excluding hydrogens is 262 g/mol. The highest BCUT2D eigenvalue weighted by molar-refractivity contribution is 6.39. The Morgan fingerprint density at radius 3 is 2.41 bits per heavy atom. The Morgan fingerprint density at radius 2 is 1.82 bits per heavy atom. The minimum Gasteiger partial charge on any atom is -0.382 e. The highest BCUT2D eigenvalue weighted by Gasteiger charge is 2.14. The van der Waals surface area contributed by atoms with Crippen LogP contribution in [-0.2, 0) is 0 Å². The van der Waals surface area contributed by atoms with Crippen LogP contribution >= 0.6 is 23.2 Å². The van der Waals surface area contributed by atoms with Crippen molar-refractivity contribution in [3.8, 4) is 0 Å². The van der Waals surface area contributed by atoms with Crippen molar-refractivity contribution in [2.45, 2.75) is 12.8 Å². The number of hydrogen-bond donors (Lipinski definition) is 2. The van der Waals surface area contributed by atoms with Crippen LogP contribution in [0.1, 0.15) is 12.8 Å². The first-order valence-electron chi connectivity index (χ1n) is 5.76. The van der Waals surface area contributed by atoms with Crippen LogP contribution in [0.3, 0.4) is 0 Å². The topological polar surface area (TPSA) is 24.1 Å². The molecule has 2 rings (SSSR count). The molecule has 94 valence electrons. The molecule has 5 heteroatoms. The Balaban J connectivity index is 1.98. The third-order valence-corrected chi connectivity index (χ3v) is 3.63. The Morgan fingerprint density at radius 1 is 1.24 bits per heavy atom. The van der Waals surface area contributed by atoms with Crippen molar-refractivity contribution in [1.29, 1.82) is 0 Å². The molecule has 0 amide bonds. The molecule has 17 heavy (non-hydrogen) atoms. The molecule has 1 aliphatic heterocycles. The summed E-state index contributed by atoms with van der Waals surface area (Å²) in [7, 11) is 0. The van der Waals surface area contributed by atoms with Gasteiger partial charge in [0.25, 0.3) is 0 Å². The van der Waals surface area contributed by atoms with Crippen LogP contribution in [0, 0.1) is 11.7 Å². The second-order valence-corrected chi connectivity index (χ2v) is 5.13. The molecule has 2 nitrogen and oxygen atoms in total. The number of hydrogen-bond acceptors (Lipinski definition) is 2. The lowest BCUT2D eigenvalue weighted by Gasteiger charge is -2.23. The Labute approximate surface area is 110 Å². The molecular formula is C12H15Cl2FN2. The fraction of sp³-hybridized carbons (Fsp3) is 0.500. The molecule has 0 saturated carbocycles. The number of anilines is 1. The fourth-order valence-electron chi connectivity index (χ4n) is 2.04. The quantitative estimate of drug-likeness (QED) is 0.883. The van der Waals surface area contributed by atoms with Gasteiger partial charge in [0, 0.05) is 6.54 Å². The zero-order valence-corrected chi connectivity index (χ0v) is 10.9. The van der Waals surface area contributed by atoms with E-state index < -0.39 is 5.82 Å². The normalized spacial score (nSPS) is 17.1. The van der Waals surface area contributed by atoms with E-state index in [-0.39, 0.29) is 0 Å². The summed E-state index contributed by atoms with van der Waals surface area (Å²) >= 11 is 11.9. The summed E-state index contributed by atoms with van der Waals surface area (Å²) in [5.74, 6) is 0.209. The molecule has 0 aromatic heterocycles. The molecule has 0 bridgehead atoms. The van der Waals surface area contributed by atoms with E-state index in [2.05, 4.69) is 10.6 Å². The van der Waals surface area contributed by atoms with Gasteiger partial charge in [0.15, 0.2) is 0 Å². The maximum atomic E-state index is 13.0. The highest BCUT2D eigenvalue weighted by atomic mass is 35.5. The lowest BCUT2D eigenvalue weighted by atomic mass is 9.98. The smallest absolute Gasteiger partial charge is 0.126 e. The molecule has 0 aliphatic carbocycles. The van der Waals surface area contributed by atoms with Gasteiger partial charge in [-0.3, -0.25) is 0 Å². The van der Waals surface area contributed by atoms with E-state index in [0.717, 1.165) is 32.5 Å². The second kappa shape index (κ2) is 5.89. The summed E-state index contributed by atoms with van der Waals surface area (Å²) in [5, 5.41) is 7.21. The van der Waals surface area contributed by atoms with E-state index in [1.165, 1.54) is 12.1 Å². The number of halogens is 3.